The molecule has 3 fully saturated rings. The summed E-state index contributed by atoms with van der Waals surface area (Å²) in [6.45, 7) is 25.1. The first-order chi connectivity index (χ1) is 20.4. The van der Waals surface area contributed by atoms with E-state index in [9.17, 15) is 30.0 Å². The van der Waals surface area contributed by atoms with Gasteiger partial charge in [0, 0.05) is 33.2 Å². The van der Waals surface area contributed by atoms with Gasteiger partial charge in [-0.2, -0.15) is 15.2 Å². The number of nitrogens with zero attached hydrogens (tertiary/aromatic N) is 3. The highest BCUT2D eigenvalue weighted by Gasteiger charge is 2.43. The van der Waals surface area contributed by atoms with E-state index in [4.69, 9.17) is 20.4 Å². The molecule has 3 rings (SSSR count). The van der Waals surface area contributed by atoms with Gasteiger partial charge < -0.3 is 36.0 Å². The van der Waals surface area contributed by atoms with Crippen LogP contribution in [0.15, 0.2) is 0 Å². The van der Waals surface area contributed by atoms with Crippen molar-refractivity contribution in [2.75, 3.05) is 0 Å². The van der Waals surface area contributed by atoms with Gasteiger partial charge in [0.15, 0.2) is 5.60 Å². The van der Waals surface area contributed by atoms with Gasteiger partial charge in [-0.15, -0.1) is 0 Å². The van der Waals surface area contributed by atoms with Crippen LogP contribution in [0.5, 0.6) is 0 Å². The van der Waals surface area contributed by atoms with E-state index in [0.717, 1.165) is 38.5 Å². The lowest BCUT2D eigenvalue weighted by Crippen LogP contribution is -2.56. The van der Waals surface area contributed by atoms with Crippen molar-refractivity contribution in [1.82, 2.24) is 15.2 Å². The summed E-state index contributed by atoms with van der Waals surface area (Å²) in [5, 5.41) is 67.8. The highest BCUT2D eigenvalue weighted by atomic mass is 16.5. The van der Waals surface area contributed by atoms with Crippen molar-refractivity contribution in [3.8, 4) is 0 Å². The highest BCUT2D eigenvalue weighted by Crippen LogP contribution is 2.38. The molecule has 3 aliphatic rings. The molecule has 0 atom stereocenters. The molecule has 7 N–H and O–H groups in total. The predicted octanol–water partition coefficient (Wildman–Crippen LogP) is 6.01. The Kier molecular flexibility index (Phi) is 15.4. The number of rotatable bonds is 5. The van der Waals surface area contributed by atoms with E-state index in [0.29, 0.717) is 0 Å². The van der Waals surface area contributed by atoms with Crippen LogP contribution in [0.2, 0.25) is 0 Å². The Bertz CT molecular complexity index is 874. The number of carbonyl (C=O) groups is 3. The summed E-state index contributed by atoms with van der Waals surface area (Å²) in [5.74, 6) is -5.02. The molecule has 272 valence electrons. The van der Waals surface area contributed by atoms with Crippen LogP contribution in [0.1, 0.15) is 154 Å². The Balaban J connectivity index is 0.000000588. The third kappa shape index (κ3) is 13.0. The van der Waals surface area contributed by atoms with E-state index in [2.05, 4.69) is 83.1 Å². The average Bonchev–Trinajstić information content (AvgIpc) is 2.84. The summed E-state index contributed by atoms with van der Waals surface area (Å²) in [6.07, 6.45) is 7.91. The van der Waals surface area contributed by atoms with Crippen LogP contribution in [0, 0.1) is 0 Å². The van der Waals surface area contributed by atoms with Gasteiger partial charge in [0.1, 0.15) is 0 Å². The zero-order valence-corrected chi connectivity index (χ0v) is 30.5. The van der Waals surface area contributed by atoms with Gasteiger partial charge in [-0.1, -0.05) is 0 Å². The Morgan fingerprint density at radius 2 is 0.652 bits per heavy atom. The Labute approximate surface area is 276 Å². The quantitative estimate of drug-likeness (QED) is 0.180. The molecule has 3 saturated heterocycles. The minimum absolute atomic E-state index is 0.0399. The summed E-state index contributed by atoms with van der Waals surface area (Å²) >= 11 is 0. The van der Waals surface area contributed by atoms with Gasteiger partial charge in [-0.25, -0.2) is 4.79 Å². The maximum absolute atomic E-state index is 10.3. The number of hydrogen-bond acceptors (Lipinski definition) is 10. The van der Waals surface area contributed by atoms with E-state index in [1.165, 1.54) is 34.5 Å². The maximum Gasteiger partial charge on any atom is 0.336 e. The van der Waals surface area contributed by atoms with E-state index in [1.807, 2.05) is 0 Å². The number of hydrogen-bond donors (Lipinski definition) is 7. The number of carboxylic acid groups (broad SMARTS) is 3. The lowest BCUT2D eigenvalue weighted by molar-refractivity contribution is -0.241. The van der Waals surface area contributed by atoms with Crippen LogP contribution in [-0.4, -0.2) is 108 Å². The van der Waals surface area contributed by atoms with Crippen LogP contribution in [0.25, 0.3) is 0 Å². The van der Waals surface area contributed by atoms with Gasteiger partial charge in [-0.3, -0.25) is 9.59 Å². The molecule has 3 heterocycles. The molecule has 0 aliphatic carbocycles. The first kappa shape index (κ1) is 44.1. The Hall–Kier alpha value is -1.87. The lowest BCUT2D eigenvalue weighted by Gasteiger charge is -2.48. The number of aliphatic hydroxyl groups is 1. The van der Waals surface area contributed by atoms with E-state index in [1.54, 1.807) is 0 Å². The smallest absolute Gasteiger partial charge is 0.336 e. The van der Waals surface area contributed by atoms with Crippen LogP contribution in [0.3, 0.4) is 0 Å². The third-order valence-corrected chi connectivity index (χ3v) is 9.46. The number of aliphatic carboxylic acids is 3. The van der Waals surface area contributed by atoms with Gasteiger partial charge in [0.2, 0.25) is 0 Å². The summed E-state index contributed by atoms with van der Waals surface area (Å²) in [5.41, 5.74) is -2.98. The van der Waals surface area contributed by atoms with Crippen molar-refractivity contribution >= 4 is 17.9 Å². The molecule has 0 bridgehead atoms. The van der Waals surface area contributed by atoms with Gasteiger partial charge >= 0.3 is 17.9 Å². The molecule has 0 radical (unpaired) electrons. The van der Waals surface area contributed by atoms with Gasteiger partial charge in [-0.05, 0) is 141 Å². The number of carboxylic acids is 3. The molecule has 0 spiro atoms. The molecule has 3 aliphatic heterocycles. The van der Waals surface area contributed by atoms with Gasteiger partial charge in [0.05, 0.1) is 12.8 Å². The third-order valence-electron chi connectivity index (χ3n) is 9.46. The topological polar surface area (TPSA) is 203 Å². The Morgan fingerprint density at radius 1 is 0.478 bits per heavy atom. The molecule has 46 heavy (non-hydrogen) atoms. The minimum atomic E-state index is -2.74. The fourth-order valence-corrected chi connectivity index (χ4v) is 6.67. The normalized spacial score (nSPS) is 24.8. The van der Waals surface area contributed by atoms with Crippen LogP contribution in [0.4, 0.5) is 0 Å². The summed E-state index contributed by atoms with van der Waals surface area (Å²) in [4.78, 5) is 30.5. The molecule has 0 aromatic rings. The first-order valence-corrected chi connectivity index (χ1v) is 16.2. The minimum Gasteiger partial charge on any atom is -0.481 e. The zero-order chi connectivity index (χ0) is 36.7. The first-order valence-electron chi connectivity index (χ1n) is 16.2. The maximum atomic E-state index is 10.3. The van der Waals surface area contributed by atoms with Crippen molar-refractivity contribution < 1.29 is 50.4 Å². The highest BCUT2D eigenvalue weighted by molar-refractivity contribution is 5.88. The molecule has 13 nitrogen and oxygen atoms in total. The lowest BCUT2D eigenvalue weighted by atomic mass is 9.82. The fraction of sp³-hybridized carbons (Fsp3) is 0.909. The van der Waals surface area contributed by atoms with E-state index >= 15 is 0 Å². The second-order valence-electron chi connectivity index (χ2n) is 16.8. The van der Waals surface area contributed by atoms with Crippen molar-refractivity contribution in [2.24, 2.45) is 0 Å². The largest absolute Gasteiger partial charge is 0.481 e. The van der Waals surface area contributed by atoms with E-state index < -0.39 is 36.4 Å². The van der Waals surface area contributed by atoms with Crippen LogP contribution >= 0.6 is 0 Å². The molecule has 0 aromatic carbocycles. The summed E-state index contributed by atoms with van der Waals surface area (Å²) < 4.78 is 0. The second kappa shape index (κ2) is 16.0. The zero-order valence-electron chi connectivity index (χ0n) is 30.5. The van der Waals surface area contributed by atoms with E-state index in [-0.39, 0.29) is 33.2 Å². The molecule has 0 unspecified atom stereocenters. The standard InChI is InChI=1S/3C9H19NO.C6H8O7/c3*1-8(2)6-5-7-9(3,4)10(8)11;7-3(8)1-6(13,5(11)12)2-4(9)10/h3*11H,5-7H2,1-4H3;13H,1-2H2,(H,7,8)(H,9,10)(H,11,12). The number of hydroxylamine groups is 6. The summed E-state index contributed by atoms with van der Waals surface area (Å²) in [6, 6.07) is 0. The Morgan fingerprint density at radius 3 is 0.761 bits per heavy atom. The monoisotopic (exact) mass is 663 g/mol. The summed E-state index contributed by atoms with van der Waals surface area (Å²) in [7, 11) is 0. The average molecular weight is 664 g/mol. The predicted molar refractivity (Wildman–Crippen MR) is 174 cm³/mol. The molecule has 0 amide bonds. The van der Waals surface area contributed by atoms with Crippen molar-refractivity contribution in [3.05, 3.63) is 0 Å². The number of piperidine rings is 3. The van der Waals surface area contributed by atoms with Crippen LogP contribution < -0.4 is 0 Å². The molecular weight excluding hydrogens is 598 g/mol. The van der Waals surface area contributed by atoms with Gasteiger partial charge in [0.25, 0.3) is 0 Å². The van der Waals surface area contributed by atoms with Crippen molar-refractivity contribution in [2.45, 2.75) is 193 Å². The van der Waals surface area contributed by atoms with Crippen molar-refractivity contribution in [1.29, 1.82) is 0 Å². The molecule has 13 heteroatoms. The fourth-order valence-electron chi connectivity index (χ4n) is 6.67. The molecule has 0 saturated carbocycles. The molecule has 0 aromatic heterocycles. The van der Waals surface area contributed by atoms with Crippen LogP contribution in [-0.2, 0) is 14.4 Å². The SMILES string of the molecule is CC1(C)CCCC(C)(C)N1O.CC1(C)CCCC(C)(C)N1O.CC1(C)CCCC(C)(C)N1O.O=C(O)CC(O)(CC(=O)O)C(=O)O. The van der Waals surface area contributed by atoms with Crippen molar-refractivity contribution in [3.63, 3.8) is 0 Å². The second-order valence-corrected chi connectivity index (χ2v) is 16.8. The molecular formula is C33H65N3O10.